The Balaban J connectivity index is 1.93. The van der Waals surface area contributed by atoms with Crippen molar-refractivity contribution in [3.8, 4) is 17.2 Å². The zero-order chi connectivity index (χ0) is 17.6. The summed E-state index contributed by atoms with van der Waals surface area (Å²) in [5.74, 6) is 1.98. The van der Waals surface area contributed by atoms with Gasteiger partial charge in [0, 0.05) is 24.2 Å². The Bertz CT molecular complexity index is 704. The summed E-state index contributed by atoms with van der Waals surface area (Å²) in [6.45, 7) is 2.19. The first-order valence-electron chi connectivity index (χ1n) is 8.17. The summed E-state index contributed by atoms with van der Waals surface area (Å²) in [6, 6.07) is 13.1. The molecular formula is C19H22ClNO4. The molecule has 0 amide bonds. The van der Waals surface area contributed by atoms with Gasteiger partial charge in [0.25, 0.3) is 0 Å². The smallest absolute Gasteiger partial charge is 0.162 e. The van der Waals surface area contributed by atoms with E-state index in [1.807, 2.05) is 30.3 Å². The van der Waals surface area contributed by atoms with Crippen LogP contribution in [0, 0.1) is 0 Å². The first-order chi connectivity index (χ1) is 12.2. The maximum atomic E-state index is 6.31. The third-order valence-corrected chi connectivity index (χ3v) is 4.33. The molecule has 0 bridgehead atoms. The lowest BCUT2D eigenvalue weighted by atomic mass is 10.0. The fraction of sp³-hybridized carbons (Fsp3) is 0.368. The first kappa shape index (κ1) is 17.9. The predicted octanol–water partition coefficient (Wildman–Crippen LogP) is 3.47. The van der Waals surface area contributed by atoms with Crippen molar-refractivity contribution in [1.82, 2.24) is 5.32 Å². The predicted molar refractivity (Wildman–Crippen MR) is 97.0 cm³/mol. The van der Waals surface area contributed by atoms with Crippen LogP contribution in [0.1, 0.15) is 11.7 Å². The second-order valence-corrected chi connectivity index (χ2v) is 6.16. The average molecular weight is 364 g/mol. The van der Waals surface area contributed by atoms with Crippen LogP contribution in [0.5, 0.6) is 17.2 Å². The second kappa shape index (κ2) is 8.43. The number of hydrogen-bond acceptors (Lipinski definition) is 5. The molecule has 1 saturated heterocycles. The zero-order valence-corrected chi connectivity index (χ0v) is 15.1. The van der Waals surface area contributed by atoms with Gasteiger partial charge in [-0.2, -0.15) is 0 Å². The topological polar surface area (TPSA) is 49.0 Å². The van der Waals surface area contributed by atoms with Crippen LogP contribution in [0.25, 0.3) is 0 Å². The monoisotopic (exact) mass is 363 g/mol. The summed E-state index contributed by atoms with van der Waals surface area (Å²) in [4.78, 5) is 0. The molecule has 6 heteroatoms. The molecule has 1 fully saturated rings. The Hall–Kier alpha value is -1.95. The van der Waals surface area contributed by atoms with Gasteiger partial charge >= 0.3 is 0 Å². The summed E-state index contributed by atoms with van der Waals surface area (Å²) < 4.78 is 23.0. The van der Waals surface area contributed by atoms with E-state index in [4.69, 9.17) is 30.5 Å². The van der Waals surface area contributed by atoms with Crippen molar-refractivity contribution in [2.45, 2.75) is 12.2 Å². The van der Waals surface area contributed by atoms with Gasteiger partial charge < -0.3 is 24.3 Å². The lowest BCUT2D eigenvalue weighted by Crippen LogP contribution is -2.43. The van der Waals surface area contributed by atoms with Crippen molar-refractivity contribution < 1.29 is 18.9 Å². The van der Waals surface area contributed by atoms with E-state index in [9.17, 15) is 0 Å². The second-order valence-electron chi connectivity index (χ2n) is 5.72. The average Bonchev–Trinajstić information content (AvgIpc) is 2.67. The van der Waals surface area contributed by atoms with E-state index in [1.165, 1.54) is 0 Å². The number of morpholine rings is 1. The molecule has 0 aliphatic carbocycles. The van der Waals surface area contributed by atoms with Crippen LogP contribution >= 0.6 is 11.6 Å². The maximum Gasteiger partial charge on any atom is 0.162 e. The molecule has 0 radical (unpaired) electrons. The van der Waals surface area contributed by atoms with Crippen LogP contribution in [0.3, 0.4) is 0 Å². The number of ether oxygens (including phenoxy) is 4. The van der Waals surface area contributed by atoms with Gasteiger partial charge in [0.1, 0.15) is 11.9 Å². The van der Waals surface area contributed by atoms with E-state index in [2.05, 4.69) is 5.32 Å². The number of rotatable bonds is 6. The third kappa shape index (κ3) is 4.37. The van der Waals surface area contributed by atoms with Gasteiger partial charge in [0.05, 0.1) is 20.8 Å². The molecule has 25 heavy (non-hydrogen) atoms. The van der Waals surface area contributed by atoms with Crippen LogP contribution < -0.4 is 19.5 Å². The minimum Gasteiger partial charge on any atom is -0.497 e. The van der Waals surface area contributed by atoms with Crippen molar-refractivity contribution in [3.63, 3.8) is 0 Å². The van der Waals surface area contributed by atoms with E-state index in [-0.39, 0.29) is 12.2 Å². The number of hydrogen-bond donors (Lipinski definition) is 1. The van der Waals surface area contributed by atoms with E-state index in [0.717, 1.165) is 17.9 Å². The number of halogens is 1. The molecule has 1 N–H and O–H groups in total. The lowest BCUT2D eigenvalue weighted by molar-refractivity contribution is -0.0438. The minimum atomic E-state index is -0.307. The van der Waals surface area contributed by atoms with Crippen molar-refractivity contribution in [2.24, 2.45) is 0 Å². The van der Waals surface area contributed by atoms with E-state index in [1.54, 1.807) is 26.4 Å². The van der Waals surface area contributed by atoms with Gasteiger partial charge in [0.2, 0.25) is 0 Å². The molecule has 0 aromatic heterocycles. The van der Waals surface area contributed by atoms with Crippen molar-refractivity contribution in [1.29, 1.82) is 0 Å². The molecule has 1 aliphatic rings. The van der Waals surface area contributed by atoms with Gasteiger partial charge in [-0.3, -0.25) is 0 Å². The van der Waals surface area contributed by atoms with Crippen LogP contribution in [0.15, 0.2) is 42.5 Å². The minimum absolute atomic E-state index is 0.124. The Morgan fingerprint density at radius 3 is 2.72 bits per heavy atom. The highest BCUT2D eigenvalue weighted by molar-refractivity contribution is 6.30. The fourth-order valence-corrected chi connectivity index (χ4v) is 2.99. The van der Waals surface area contributed by atoms with Crippen LogP contribution in [0.4, 0.5) is 0 Å². The summed E-state index contributed by atoms with van der Waals surface area (Å²) in [5, 5.41) is 3.94. The molecular weight excluding hydrogens is 342 g/mol. The number of benzene rings is 2. The summed E-state index contributed by atoms with van der Waals surface area (Å²) in [6.07, 6.45) is -0.431. The number of methoxy groups -OCH3 is 2. The highest BCUT2D eigenvalue weighted by Crippen LogP contribution is 2.36. The summed E-state index contributed by atoms with van der Waals surface area (Å²) >= 11 is 6.05. The maximum absolute atomic E-state index is 6.31. The van der Waals surface area contributed by atoms with Crippen molar-refractivity contribution >= 4 is 11.6 Å². The van der Waals surface area contributed by atoms with E-state index < -0.39 is 0 Å². The van der Waals surface area contributed by atoms with Crippen LogP contribution in [0.2, 0.25) is 5.02 Å². The Morgan fingerprint density at radius 1 is 1.12 bits per heavy atom. The molecule has 2 aromatic carbocycles. The van der Waals surface area contributed by atoms with Gasteiger partial charge in [-0.1, -0.05) is 23.7 Å². The van der Waals surface area contributed by atoms with Gasteiger partial charge in [-0.15, -0.1) is 0 Å². The molecule has 0 spiro atoms. The number of nitrogens with one attached hydrogen (secondary N) is 1. The largest absolute Gasteiger partial charge is 0.497 e. The molecule has 5 nitrogen and oxygen atoms in total. The molecule has 0 saturated carbocycles. The quantitative estimate of drug-likeness (QED) is 0.851. The van der Waals surface area contributed by atoms with E-state index in [0.29, 0.717) is 29.7 Å². The van der Waals surface area contributed by atoms with Gasteiger partial charge in [0.15, 0.2) is 17.6 Å². The van der Waals surface area contributed by atoms with Crippen molar-refractivity contribution in [2.75, 3.05) is 33.9 Å². The molecule has 1 unspecified atom stereocenters. The standard InChI is InChI=1S/C19H22ClNO4/c1-22-15-5-3-4-13(10-15)19(18-12-21-8-9-24-18)25-16-7-6-14(20)11-17(16)23-2/h3-7,10-11,18-19,21H,8-9,12H2,1-2H3/t18?,19-/m0/s1. The Morgan fingerprint density at radius 2 is 2.00 bits per heavy atom. The van der Waals surface area contributed by atoms with Gasteiger partial charge in [-0.05, 0) is 29.8 Å². The highest BCUT2D eigenvalue weighted by atomic mass is 35.5. The third-order valence-electron chi connectivity index (χ3n) is 4.10. The van der Waals surface area contributed by atoms with Crippen LogP contribution in [-0.2, 0) is 4.74 Å². The molecule has 1 heterocycles. The molecule has 2 aromatic rings. The molecule has 2 atom stereocenters. The SMILES string of the molecule is COc1cccc([C@H](Oc2ccc(Cl)cc2OC)C2CNCCO2)c1. The van der Waals surface area contributed by atoms with Crippen LogP contribution in [-0.4, -0.2) is 40.0 Å². The highest BCUT2D eigenvalue weighted by Gasteiger charge is 2.29. The Kier molecular flexibility index (Phi) is 6.02. The Labute approximate surface area is 152 Å². The first-order valence-corrected chi connectivity index (χ1v) is 8.55. The fourth-order valence-electron chi connectivity index (χ4n) is 2.83. The molecule has 134 valence electrons. The molecule has 3 rings (SSSR count). The lowest BCUT2D eigenvalue weighted by Gasteiger charge is -2.32. The summed E-state index contributed by atoms with van der Waals surface area (Å²) in [5.41, 5.74) is 0.977. The normalized spacial score (nSPS) is 18.4. The van der Waals surface area contributed by atoms with Gasteiger partial charge in [-0.25, -0.2) is 0 Å². The summed E-state index contributed by atoms with van der Waals surface area (Å²) in [7, 11) is 3.24. The van der Waals surface area contributed by atoms with Crippen molar-refractivity contribution in [3.05, 3.63) is 53.1 Å². The molecule has 1 aliphatic heterocycles. The van der Waals surface area contributed by atoms with E-state index >= 15 is 0 Å². The zero-order valence-electron chi connectivity index (χ0n) is 14.3.